The number of hydrogen-bond acceptors (Lipinski definition) is 4. The molecule has 1 aliphatic carbocycles. The lowest BCUT2D eigenvalue weighted by molar-refractivity contribution is -0.134. The molecule has 0 radical (unpaired) electrons. The second-order valence-electron chi connectivity index (χ2n) is 8.67. The molecule has 0 unspecified atom stereocenters. The summed E-state index contributed by atoms with van der Waals surface area (Å²) in [4.78, 5) is 25.8. The first-order valence-electron chi connectivity index (χ1n) is 8.90. The highest BCUT2D eigenvalue weighted by atomic mass is 16.5. The van der Waals surface area contributed by atoms with Crippen molar-refractivity contribution in [1.82, 2.24) is 10.2 Å². The fourth-order valence-electron chi connectivity index (χ4n) is 3.42. The minimum absolute atomic E-state index is 0.0432. The van der Waals surface area contributed by atoms with Gasteiger partial charge in [0.25, 0.3) is 5.91 Å². The minimum atomic E-state index is -0.838. The van der Waals surface area contributed by atoms with Gasteiger partial charge in [-0.25, -0.2) is 4.79 Å². The van der Waals surface area contributed by atoms with Gasteiger partial charge in [-0.05, 0) is 37.5 Å². The third-order valence-corrected chi connectivity index (χ3v) is 5.04. The molecule has 2 aliphatic rings. The van der Waals surface area contributed by atoms with Gasteiger partial charge in [-0.15, -0.1) is 0 Å². The Morgan fingerprint density at radius 2 is 1.92 bits per heavy atom. The van der Waals surface area contributed by atoms with Crippen molar-refractivity contribution in [1.29, 1.82) is 5.26 Å². The van der Waals surface area contributed by atoms with Gasteiger partial charge in [0, 0.05) is 24.4 Å². The van der Waals surface area contributed by atoms with Crippen molar-refractivity contribution in [2.75, 3.05) is 0 Å². The van der Waals surface area contributed by atoms with Crippen LogP contribution in [0.15, 0.2) is 18.2 Å². The SMILES string of the molecule is CC1(C)NC(=O)N(C2CC(Oc3ccc(C#N)cc3C(C)(C)C)C2)C1=O. The van der Waals surface area contributed by atoms with Gasteiger partial charge >= 0.3 is 6.03 Å². The standard InChI is InChI=1S/C20H25N3O3/c1-19(2,3)15-8-12(11-21)6-7-16(15)26-14-9-13(10-14)23-17(24)20(4,5)22-18(23)25/h6-8,13-14H,9-10H2,1-5H3,(H,22,25). The summed E-state index contributed by atoms with van der Waals surface area (Å²) in [5, 5.41) is 11.9. The van der Waals surface area contributed by atoms with Crippen molar-refractivity contribution in [3.05, 3.63) is 29.3 Å². The molecular formula is C20H25N3O3. The highest BCUT2D eigenvalue weighted by Gasteiger charge is 2.51. The number of carbonyl (C=O) groups is 2. The van der Waals surface area contributed by atoms with Gasteiger partial charge < -0.3 is 10.1 Å². The van der Waals surface area contributed by atoms with E-state index in [4.69, 9.17) is 10.00 Å². The summed E-state index contributed by atoms with van der Waals surface area (Å²) < 4.78 is 6.14. The van der Waals surface area contributed by atoms with Gasteiger partial charge in [0.2, 0.25) is 0 Å². The number of nitrogens with zero attached hydrogens (tertiary/aromatic N) is 2. The molecule has 6 nitrogen and oxygen atoms in total. The van der Waals surface area contributed by atoms with Gasteiger partial charge in [-0.3, -0.25) is 9.69 Å². The third kappa shape index (κ3) is 3.14. The zero-order valence-electron chi connectivity index (χ0n) is 15.9. The summed E-state index contributed by atoms with van der Waals surface area (Å²) in [7, 11) is 0. The number of hydrogen-bond donors (Lipinski definition) is 1. The van der Waals surface area contributed by atoms with Crippen molar-refractivity contribution in [2.24, 2.45) is 0 Å². The topological polar surface area (TPSA) is 82.4 Å². The predicted molar refractivity (Wildman–Crippen MR) is 96.8 cm³/mol. The summed E-state index contributed by atoms with van der Waals surface area (Å²) >= 11 is 0. The molecule has 0 spiro atoms. The quantitative estimate of drug-likeness (QED) is 0.845. The van der Waals surface area contributed by atoms with Gasteiger partial charge in [0.05, 0.1) is 11.6 Å². The Labute approximate surface area is 154 Å². The van der Waals surface area contributed by atoms with Crippen LogP contribution >= 0.6 is 0 Å². The first-order valence-corrected chi connectivity index (χ1v) is 8.90. The molecule has 6 heteroatoms. The molecule has 0 aromatic heterocycles. The van der Waals surface area contributed by atoms with Crippen LogP contribution in [0.2, 0.25) is 0 Å². The molecule has 138 valence electrons. The Kier molecular flexibility index (Phi) is 4.22. The molecule has 2 fully saturated rings. The van der Waals surface area contributed by atoms with E-state index >= 15 is 0 Å². The molecule has 1 saturated heterocycles. The van der Waals surface area contributed by atoms with Gasteiger partial charge in [0.15, 0.2) is 0 Å². The highest BCUT2D eigenvalue weighted by Crippen LogP contribution is 2.37. The Balaban J connectivity index is 1.70. The fourth-order valence-corrected chi connectivity index (χ4v) is 3.42. The zero-order chi connectivity index (χ0) is 19.3. The van der Waals surface area contributed by atoms with E-state index in [1.165, 1.54) is 4.90 Å². The van der Waals surface area contributed by atoms with Crippen LogP contribution in [0, 0.1) is 11.3 Å². The molecular weight excluding hydrogens is 330 g/mol. The predicted octanol–water partition coefficient (Wildman–Crippen LogP) is 3.10. The maximum Gasteiger partial charge on any atom is 0.325 e. The Morgan fingerprint density at radius 3 is 2.42 bits per heavy atom. The van der Waals surface area contributed by atoms with Gasteiger partial charge in [-0.2, -0.15) is 5.26 Å². The molecule has 3 amide bonds. The monoisotopic (exact) mass is 355 g/mol. The molecule has 3 rings (SSSR count). The second kappa shape index (κ2) is 6.01. The average Bonchev–Trinajstić information content (AvgIpc) is 2.70. The van der Waals surface area contributed by atoms with Crippen LogP contribution in [0.1, 0.15) is 58.6 Å². The number of ether oxygens (including phenoxy) is 1. The van der Waals surface area contributed by atoms with Crippen molar-refractivity contribution >= 4 is 11.9 Å². The van der Waals surface area contributed by atoms with E-state index in [1.807, 2.05) is 12.1 Å². The van der Waals surface area contributed by atoms with Crippen LogP contribution < -0.4 is 10.1 Å². The van der Waals surface area contributed by atoms with Crippen LogP contribution in [0.3, 0.4) is 0 Å². The van der Waals surface area contributed by atoms with Crippen molar-refractivity contribution in [3.63, 3.8) is 0 Å². The maximum absolute atomic E-state index is 12.4. The van der Waals surface area contributed by atoms with Crippen LogP contribution in [0.5, 0.6) is 5.75 Å². The van der Waals surface area contributed by atoms with Crippen LogP contribution in [0.25, 0.3) is 0 Å². The summed E-state index contributed by atoms with van der Waals surface area (Å²) in [6.45, 7) is 9.66. The molecule has 0 bridgehead atoms. The smallest absolute Gasteiger partial charge is 0.325 e. The first kappa shape index (κ1) is 18.2. The minimum Gasteiger partial charge on any atom is -0.490 e. The lowest BCUT2D eigenvalue weighted by atomic mass is 9.84. The average molecular weight is 355 g/mol. The summed E-state index contributed by atoms with van der Waals surface area (Å²) in [5.41, 5.74) is 0.599. The molecule has 1 saturated carbocycles. The summed E-state index contributed by atoms with van der Waals surface area (Å²) in [6, 6.07) is 7.18. The number of benzene rings is 1. The van der Waals surface area contributed by atoms with Crippen molar-refractivity contribution in [3.8, 4) is 11.8 Å². The van der Waals surface area contributed by atoms with Crippen LogP contribution in [0.4, 0.5) is 4.79 Å². The summed E-state index contributed by atoms with van der Waals surface area (Å²) in [6.07, 6.45) is 1.20. The first-order chi connectivity index (χ1) is 12.0. The lowest BCUT2D eigenvalue weighted by Crippen LogP contribution is -2.52. The van der Waals surface area contributed by atoms with E-state index in [-0.39, 0.29) is 29.5 Å². The Bertz CT molecular complexity index is 795. The molecule has 1 N–H and O–H groups in total. The van der Waals surface area contributed by atoms with Crippen molar-refractivity contribution in [2.45, 2.75) is 70.6 Å². The Hall–Kier alpha value is -2.55. The van der Waals surface area contributed by atoms with Gasteiger partial charge in [-0.1, -0.05) is 20.8 Å². The van der Waals surface area contributed by atoms with E-state index in [0.29, 0.717) is 18.4 Å². The largest absolute Gasteiger partial charge is 0.490 e. The van der Waals surface area contributed by atoms with E-state index < -0.39 is 5.54 Å². The summed E-state index contributed by atoms with van der Waals surface area (Å²) in [5.74, 6) is 0.581. The third-order valence-electron chi connectivity index (χ3n) is 5.04. The maximum atomic E-state index is 12.4. The van der Waals surface area contributed by atoms with Gasteiger partial charge in [0.1, 0.15) is 17.4 Å². The van der Waals surface area contributed by atoms with E-state index in [1.54, 1.807) is 19.9 Å². The number of imide groups is 1. The second-order valence-corrected chi connectivity index (χ2v) is 8.67. The molecule has 0 atom stereocenters. The number of rotatable bonds is 3. The number of carbonyl (C=O) groups excluding carboxylic acids is 2. The van der Waals surface area contributed by atoms with Crippen LogP contribution in [-0.4, -0.2) is 34.5 Å². The van der Waals surface area contributed by atoms with Crippen LogP contribution in [-0.2, 0) is 10.2 Å². The van der Waals surface area contributed by atoms with E-state index in [2.05, 4.69) is 32.2 Å². The number of urea groups is 1. The fraction of sp³-hybridized carbons (Fsp3) is 0.550. The van der Waals surface area contributed by atoms with E-state index in [9.17, 15) is 9.59 Å². The highest BCUT2D eigenvalue weighted by molar-refractivity contribution is 6.06. The molecule has 1 aliphatic heterocycles. The molecule has 1 aromatic rings. The zero-order valence-corrected chi connectivity index (χ0v) is 15.9. The Morgan fingerprint density at radius 1 is 1.27 bits per heavy atom. The van der Waals surface area contributed by atoms with E-state index in [0.717, 1.165) is 11.3 Å². The number of amides is 3. The molecule has 1 aromatic carbocycles. The number of nitrogens with one attached hydrogen (secondary N) is 1. The molecule has 1 heterocycles. The normalized spacial score (nSPS) is 24.7. The number of nitriles is 1. The lowest BCUT2D eigenvalue weighted by Gasteiger charge is -2.40. The van der Waals surface area contributed by atoms with Crippen molar-refractivity contribution < 1.29 is 14.3 Å². The molecule has 26 heavy (non-hydrogen) atoms.